The van der Waals surface area contributed by atoms with E-state index in [-0.39, 0.29) is 5.75 Å². The van der Waals surface area contributed by atoms with Crippen molar-refractivity contribution in [3.05, 3.63) is 24.4 Å². The largest absolute Gasteiger partial charge is 0.507 e. The average molecular weight is 163 g/mol. The van der Waals surface area contributed by atoms with Gasteiger partial charge in [0.1, 0.15) is 11.5 Å². The van der Waals surface area contributed by atoms with Crippen LogP contribution in [0.25, 0.3) is 10.9 Å². The predicted molar refractivity (Wildman–Crippen MR) is 46.5 cm³/mol. The summed E-state index contributed by atoms with van der Waals surface area (Å²) in [4.78, 5) is 2.99. The molecule has 2 rings (SSSR count). The maximum Gasteiger partial charge on any atom is 0.143 e. The lowest BCUT2D eigenvalue weighted by Gasteiger charge is -2.01. The van der Waals surface area contributed by atoms with Gasteiger partial charge >= 0.3 is 0 Å². The van der Waals surface area contributed by atoms with Crippen LogP contribution in [0.5, 0.6) is 11.5 Å². The van der Waals surface area contributed by atoms with Crippen LogP contribution in [0.4, 0.5) is 0 Å². The van der Waals surface area contributed by atoms with Gasteiger partial charge in [0, 0.05) is 11.6 Å². The number of aromatic hydroxyl groups is 1. The van der Waals surface area contributed by atoms with Crippen LogP contribution in [0.2, 0.25) is 0 Å². The van der Waals surface area contributed by atoms with E-state index in [0.29, 0.717) is 0 Å². The molecule has 3 nitrogen and oxygen atoms in total. The number of hydrogen-bond donors (Lipinski definition) is 2. The van der Waals surface area contributed by atoms with Crippen LogP contribution < -0.4 is 4.74 Å². The zero-order valence-corrected chi connectivity index (χ0v) is 6.66. The number of nitrogens with one attached hydrogen (secondary N) is 1. The fourth-order valence-electron chi connectivity index (χ4n) is 1.28. The highest BCUT2D eigenvalue weighted by atomic mass is 16.5. The number of hydrogen-bond acceptors (Lipinski definition) is 2. The molecular formula is C9H9NO2. The van der Waals surface area contributed by atoms with Gasteiger partial charge in [-0.2, -0.15) is 0 Å². The first-order chi connectivity index (χ1) is 5.83. The van der Waals surface area contributed by atoms with Gasteiger partial charge in [-0.15, -0.1) is 0 Å². The number of rotatable bonds is 1. The maximum atomic E-state index is 9.40. The SMILES string of the molecule is COc1ccc(O)c2cc[nH]c12. The van der Waals surface area contributed by atoms with E-state index >= 15 is 0 Å². The third-order valence-corrected chi connectivity index (χ3v) is 1.88. The summed E-state index contributed by atoms with van der Waals surface area (Å²) in [5, 5.41) is 10.2. The van der Waals surface area contributed by atoms with Gasteiger partial charge in [-0.05, 0) is 18.2 Å². The number of methoxy groups -OCH3 is 1. The molecule has 0 saturated heterocycles. The molecule has 0 aliphatic carbocycles. The minimum absolute atomic E-state index is 0.270. The van der Waals surface area contributed by atoms with Crippen LogP contribution in [0, 0.1) is 0 Å². The number of ether oxygens (including phenoxy) is 1. The number of phenolic OH excluding ortho intramolecular Hbond substituents is 1. The lowest BCUT2D eigenvalue weighted by atomic mass is 10.2. The molecular weight excluding hydrogens is 154 g/mol. The molecule has 0 atom stereocenters. The quantitative estimate of drug-likeness (QED) is 0.674. The number of benzene rings is 1. The molecule has 12 heavy (non-hydrogen) atoms. The second-order valence-corrected chi connectivity index (χ2v) is 2.55. The third kappa shape index (κ3) is 0.830. The van der Waals surface area contributed by atoms with Crippen molar-refractivity contribution < 1.29 is 9.84 Å². The number of phenols is 1. The van der Waals surface area contributed by atoms with E-state index in [9.17, 15) is 5.11 Å². The van der Waals surface area contributed by atoms with E-state index in [1.165, 1.54) is 0 Å². The molecule has 1 aromatic carbocycles. The van der Waals surface area contributed by atoms with Crippen molar-refractivity contribution in [1.82, 2.24) is 4.98 Å². The first-order valence-electron chi connectivity index (χ1n) is 3.66. The van der Waals surface area contributed by atoms with Crippen LogP contribution in [-0.4, -0.2) is 17.2 Å². The summed E-state index contributed by atoms with van der Waals surface area (Å²) >= 11 is 0. The summed E-state index contributed by atoms with van der Waals surface area (Å²) in [5.74, 6) is 1.01. The zero-order valence-electron chi connectivity index (χ0n) is 6.66. The van der Waals surface area contributed by atoms with Crippen LogP contribution in [0.1, 0.15) is 0 Å². The molecule has 0 aliphatic heterocycles. The molecule has 0 unspecified atom stereocenters. The third-order valence-electron chi connectivity index (χ3n) is 1.88. The van der Waals surface area contributed by atoms with Crippen LogP contribution in [-0.2, 0) is 0 Å². The van der Waals surface area contributed by atoms with Gasteiger partial charge in [0.15, 0.2) is 0 Å². The van der Waals surface area contributed by atoms with Crippen molar-refractivity contribution in [1.29, 1.82) is 0 Å². The Balaban J connectivity index is 2.82. The smallest absolute Gasteiger partial charge is 0.143 e. The second kappa shape index (κ2) is 2.44. The Morgan fingerprint density at radius 1 is 1.33 bits per heavy atom. The summed E-state index contributed by atoms with van der Waals surface area (Å²) in [6.07, 6.45) is 1.77. The van der Waals surface area contributed by atoms with E-state index in [2.05, 4.69) is 4.98 Å². The van der Waals surface area contributed by atoms with Crippen molar-refractivity contribution in [2.24, 2.45) is 0 Å². The van der Waals surface area contributed by atoms with Crippen molar-refractivity contribution in [2.45, 2.75) is 0 Å². The summed E-state index contributed by atoms with van der Waals surface area (Å²) in [6.45, 7) is 0. The van der Waals surface area contributed by atoms with Gasteiger partial charge < -0.3 is 14.8 Å². The molecule has 0 aliphatic rings. The fourth-order valence-corrected chi connectivity index (χ4v) is 1.28. The van der Waals surface area contributed by atoms with Crippen molar-refractivity contribution >= 4 is 10.9 Å². The molecule has 0 radical (unpaired) electrons. The number of H-pyrrole nitrogens is 1. The van der Waals surface area contributed by atoms with E-state index < -0.39 is 0 Å². The molecule has 2 N–H and O–H groups in total. The van der Waals surface area contributed by atoms with Gasteiger partial charge in [0.2, 0.25) is 0 Å². The van der Waals surface area contributed by atoms with E-state index in [1.54, 1.807) is 25.4 Å². The molecule has 1 heterocycles. The summed E-state index contributed by atoms with van der Waals surface area (Å²) in [7, 11) is 1.60. The predicted octanol–water partition coefficient (Wildman–Crippen LogP) is 1.88. The Kier molecular flexibility index (Phi) is 1.43. The highest BCUT2D eigenvalue weighted by Crippen LogP contribution is 2.30. The normalized spacial score (nSPS) is 10.4. The van der Waals surface area contributed by atoms with Crippen molar-refractivity contribution in [2.75, 3.05) is 7.11 Å². The first-order valence-corrected chi connectivity index (χ1v) is 3.66. The Morgan fingerprint density at radius 3 is 2.92 bits per heavy atom. The Bertz CT molecular complexity index is 406. The number of fused-ring (bicyclic) bond motifs is 1. The molecule has 1 aromatic heterocycles. The second-order valence-electron chi connectivity index (χ2n) is 2.55. The average Bonchev–Trinajstić information content (AvgIpc) is 2.54. The molecule has 3 heteroatoms. The van der Waals surface area contributed by atoms with Crippen LogP contribution in [0.15, 0.2) is 24.4 Å². The zero-order chi connectivity index (χ0) is 8.55. The highest BCUT2D eigenvalue weighted by Gasteiger charge is 2.04. The van der Waals surface area contributed by atoms with Gasteiger partial charge in [0.25, 0.3) is 0 Å². The topological polar surface area (TPSA) is 45.2 Å². The fraction of sp³-hybridized carbons (Fsp3) is 0.111. The van der Waals surface area contributed by atoms with Gasteiger partial charge in [-0.3, -0.25) is 0 Å². The Morgan fingerprint density at radius 2 is 2.17 bits per heavy atom. The lowest BCUT2D eigenvalue weighted by Crippen LogP contribution is -1.83. The monoisotopic (exact) mass is 163 g/mol. The maximum absolute atomic E-state index is 9.40. The minimum Gasteiger partial charge on any atom is -0.507 e. The van der Waals surface area contributed by atoms with E-state index in [4.69, 9.17) is 4.74 Å². The Hall–Kier alpha value is -1.64. The summed E-state index contributed by atoms with van der Waals surface area (Å²) < 4.78 is 5.10. The standard InChI is InChI=1S/C9H9NO2/c1-12-8-3-2-7(11)6-4-5-10-9(6)8/h2-5,10-11H,1H3. The molecule has 0 bridgehead atoms. The summed E-state index contributed by atoms with van der Waals surface area (Å²) in [6, 6.07) is 5.16. The van der Waals surface area contributed by atoms with E-state index in [0.717, 1.165) is 16.7 Å². The van der Waals surface area contributed by atoms with Gasteiger partial charge in [-0.1, -0.05) is 0 Å². The van der Waals surface area contributed by atoms with Crippen LogP contribution >= 0.6 is 0 Å². The Labute approximate surface area is 69.6 Å². The molecule has 0 amide bonds. The van der Waals surface area contributed by atoms with Crippen LogP contribution in [0.3, 0.4) is 0 Å². The molecule has 0 fully saturated rings. The molecule has 0 spiro atoms. The number of aromatic amines is 1. The first kappa shape index (κ1) is 7.03. The molecule has 0 saturated carbocycles. The molecule has 62 valence electrons. The van der Waals surface area contributed by atoms with Crippen molar-refractivity contribution in [3.63, 3.8) is 0 Å². The van der Waals surface area contributed by atoms with Gasteiger partial charge in [-0.25, -0.2) is 0 Å². The minimum atomic E-state index is 0.270. The van der Waals surface area contributed by atoms with E-state index in [1.807, 2.05) is 6.07 Å². The number of aromatic nitrogens is 1. The molecule has 2 aromatic rings. The van der Waals surface area contributed by atoms with Gasteiger partial charge in [0.05, 0.1) is 12.6 Å². The summed E-state index contributed by atoms with van der Waals surface area (Å²) in [5.41, 5.74) is 0.831. The van der Waals surface area contributed by atoms with Crippen molar-refractivity contribution in [3.8, 4) is 11.5 Å². The highest BCUT2D eigenvalue weighted by molar-refractivity contribution is 5.90. The lowest BCUT2D eigenvalue weighted by molar-refractivity contribution is 0.417.